The lowest BCUT2D eigenvalue weighted by Crippen LogP contribution is -2.48. The highest BCUT2D eigenvalue weighted by molar-refractivity contribution is 7.47. The highest BCUT2D eigenvalue weighted by Gasteiger charge is 2.52. The van der Waals surface area contributed by atoms with Gasteiger partial charge in [-0.25, -0.2) is 38.7 Å². The fourth-order valence-electron chi connectivity index (χ4n) is 6.34. The SMILES string of the molecule is C=CCCC(=O)N(C)[C@@H](Cc1cscn1)C(=O)O[C@H]1[C@@H](O)[C@H](n2cnc3c(N)ncnc32)O[C@@H]1COP(=O)(O)O[C@H]1[C@@H](O)[C@H](n2ccc(N)nc2=O)O[C@@H]1COP(=O)(O)O. The Balaban J connectivity index is 1.26. The normalized spacial score (nSPS) is 25.8. The van der Waals surface area contributed by atoms with Gasteiger partial charge in [-0.15, -0.1) is 17.9 Å². The number of fused-ring (bicyclic) bond motifs is 1. The number of nitrogens with two attached hydrogens (primary N) is 2. The number of phosphoric acid groups is 2. The van der Waals surface area contributed by atoms with Gasteiger partial charge in [0.25, 0.3) is 0 Å². The van der Waals surface area contributed by atoms with Crippen molar-refractivity contribution in [3.05, 3.63) is 64.6 Å². The monoisotopic (exact) mass is 902 g/mol. The molecule has 0 radical (unpaired) electrons. The van der Waals surface area contributed by atoms with Gasteiger partial charge >= 0.3 is 27.3 Å². The maximum Gasteiger partial charge on any atom is 0.472 e. The Morgan fingerprint density at radius 3 is 2.38 bits per heavy atom. The van der Waals surface area contributed by atoms with Crippen molar-refractivity contribution in [1.82, 2.24) is 39.0 Å². The summed E-state index contributed by atoms with van der Waals surface area (Å²) < 4.78 is 59.5. The second-order valence-electron chi connectivity index (χ2n) is 13.3. The van der Waals surface area contributed by atoms with Crippen LogP contribution in [0.15, 0.2) is 53.3 Å². The number of nitrogen functional groups attached to an aromatic ring is 2. The third-order valence-corrected chi connectivity index (χ3v) is 11.4. The van der Waals surface area contributed by atoms with Crippen LogP contribution < -0.4 is 17.2 Å². The number of likely N-dealkylation sites (N-methyl/N-ethyl adjacent to an activating group) is 1. The first-order valence-corrected chi connectivity index (χ1v) is 21.6. The molecule has 0 aromatic carbocycles. The van der Waals surface area contributed by atoms with Crippen molar-refractivity contribution in [2.24, 2.45) is 0 Å². The second-order valence-corrected chi connectivity index (χ2v) is 16.7. The Morgan fingerprint density at radius 2 is 1.72 bits per heavy atom. The molecule has 0 spiro atoms. The number of aliphatic hydroxyl groups is 2. The van der Waals surface area contributed by atoms with Crippen LogP contribution in [0.5, 0.6) is 0 Å². The summed E-state index contributed by atoms with van der Waals surface area (Å²) in [5.41, 5.74) is 12.7. The summed E-state index contributed by atoms with van der Waals surface area (Å²) >= 11 is 1.25. The number of imidazole rings is 1. The van der Waals surface area contributed by atoms with Crippen LogP contribution >= 0.6 is 27.0 Å². The molecule has 0 saturated carbocycles. The Labute approximate surface area is 342 Å². The second kappa shape index (κ2) is 18.6. The van der Waals surface area contributed by atoms with Gasteiger partial charge < -0.3 is 55.5 Å². The summed E-state index contributed by atoms with van der Waals surface area (Å²) in [4.78, 5) is 90.3. The molecule has 2 fully saturated rings. The number of carbonyl (C=O) groups is 2. The molecule has 10 atom stereocenters. The van der Waals surface area contributed by atoms with Crippen LogP contribution in [0, 0.1) is 0 Å². The first kappa shape index (κ1) is 44.9. The molecule has 4 aromatic rings. The maximum absolute atomic E-state index is 14.0. The smallest absolute Gasteiger partial charge is 0.455 e. The summed E-state index contributed by atoms with van der Waals surface area (Å²) in [6, 6.07) is -0.104. The topological polar surface area (TPSA) is 371 Å². The standard InChI is InChI=1S/C31H40N10O16P2S/c1-3-4-5-20(42)39(2)16(8-15-11-60-14-37-15)30(45)56-24-17(54-29(22(24)43)41-13-36-21-26(33)34-12-35-27(21)41)10-53-59(50,51)57-25-18(9-52-58(47,48)49)55-28(23(25)44)40-7-6-19(32)38-31(40)46/h3,6-7,11-14,16-18,22-25,28-29,43-44H,1,4-5,8-10H2,2H3,(H,50,51)(H2,32,38,46)(H2,33,34,35)(H2,47,48,49)/t16-,17+,18+,22+,23+,24+,25+,28+,29+/m0/s1. The molecular formula is C31H40N10O16P2S. The zero-order valence-electron chi connectivity index (χ0n) is 31.2. The van der Waals surface area contributed by atoms with Gasteiger partial charge in [0.2, 0.25) is 5.91 Å². The molecule has 0 bridgehead atoms. The summed E-state index contributed by atoms with van der Waals surface area (Å²) in [6.45, 7) is 1.63. The number of phosphoric ester groups is 2. The van der Waals surface area contributed by atoms with Gasteiger partial charge in [-0.05, 0) is 12.5 Å². The van der Waals surface area contributed by atoms with E-state index < -0.39 is 102 Å². The van der Waals surface area contributed by atoms with Crippen LogP contribution in [-0.4, -0.2) is 139 Å². The summed E-state index contributed by atoms with van der Waals surface area (Å²) in [5, 5.41) is 24.5. The molecule has 1 unspecified atom stereocenters. The first-order chi connectivity index (χ1) is 28.4. The van der Waals surface area contributed by atoms with Crippen LogP contribution in [0.25, 0.3) is 11.2 Å². The summed E-state index contributed by atoms with van der Waals surface area (Å²) in [7, 11) is -9.20. The minimum atomic E-state index is -5.41. The number of hydrogen-bond acceptors (Lipinski definition) is 21. The molecule has 2 aliphatic rings. The minimum absolute atomic E-state index is 0.0103. The number of amides is 1. The number of aromatic nitrogens is 7. The number of rotatable bonds is 18. The van der Waals surface area contributed by atoms with Crippen LogP contribution in [0.1, 0.15) is 31.0 Å². The zero-order valence-corrected chi connectivity index (χ0v) is 33.8. The molecular weight excluding hydrogens is 862 g/mol. The number of hydrogen-bond donors (Lipinski definition) is 7. The molecule has 9 N–H and O–H groups in total. The molecule has 4 aromatic heterocycles. The number of carbonyl (C=O) groups excluding carboxylic acids is 2. The predicted molar refractivity (Wildman–Crippen MR) is 203 cm³/mol. The number of nitrogens with zero attached hydrogens (tertiary/aromatic N) is 8. The van der Waals surface area contributed by atoms with Crippen molar-refractivity contribution in [2.75, 3.05) is 31.7 Å². The van der Waals surface area contributed by atoms with E-state index in [4.69, 9.17) is 34.7 Å². The highest BCUT2D eigenvalue weighted by atomic mass is 32.1. The minimum Gasteiger partial charge on any atom is -0.455 e. The molecule has 2 saturated heterocycles. The molecule has 2 aliphatic heterocycles. The van der Waals surface area contributed by atoms with E-state index in [9.17, 15) is 48.4 Å². The number of esters is 1. The fourth-order valence-corrected chi connectivity index (χ4v) is 8.22. The van der Waals surface area contributed by atoms with E-state index in [1.165, 1.54) is 51.8 Å². The van der Waals surface area contributed by atoms with E-state index >= 15 is 0 Å². The van der Waals surface area contributed by atoms with Crippen LogP contribution in [0.4, 0.5) is 11.6 Å². The van der Waals surface area contributed by atoms with E-state index in [2.05, 4.69) is 36.0 Å². The van der Waals surface area contributed by atoms with Crippen molar-refractivity contribution in [3.8, 4) is 0 Å². The average molecular weight is 903 g/mol. The van der Waals surface area contributed by atoms with E-state index in [-0.39, 0.29) is 35.6 Å². The molecule has 26 nitrogen and oxygen atoms in total. The van der Waals surface area contributed by atoms with E-state index in [1.54, 1.807) is 5.38 Å². The molecule has 60 heavy (non-hydrogen) atoms. The van der Waals surface area contributed by atoms with Crippen molar-refractivity contribution in [3.63, 3.8) is 0 Å². The Hall–Kier alpha value is -4.60. The van der Waals surface area contributed by atoms with Crippen molar-refractivity contribution in [1.29, 1.82) is 0 Å². The Kier molecular flexibility index (Phi) is 13.9. The maximum atomic E-state index is 14.0. The van der Waals surface area contributed by atoms with Gasteiger partial charge in [-0.1, -0.05) is 6.08 Å². The van der Waals surface area contributed by atoms with E-state index in [0.29, 0.717) is 12.1 Å². The van der Waals surface area contributed by atoms with Gasteiger partial charge in [0, 0.05) is 31.5 Å². The third kappa shape index (κ3) is 10.3. The van der Waals surface area contributed by atoms with Gasteiger partial charge in [0.1, 0.15) is 54.2 Å². The zero-order chi connectivity index (χ0) is 43.5. The number of thiazole rings is 1. The lowest BCUT2D eigenvalue weighted by Gasteiger charge is -2.29. The van der Waals surface area contributed by atoms with E-state index in [0.717, 1.165) is 17.1 Å². The molecule has 326 valence electrons. The molecule has 29 heteroatoms. The molecule has 0 aliphatic carbocycles. The number of allylic oxidation sites excluding steroid dienone is 1. The Bertz CT molecular complexity index is 2330. The van der Waals surface area contributed by atoms with Crippen LogP contribution in [-0.2, 0) is 52.9 Å². The number of aliphatic hydroxyl groups excluding tert-OH is 2. The van der Waals surface area contributed by atoms with Gasteiger partial charge in [-0.2, -0.15) is 4.98 Å². The number of ether oxygens (including phenoxy) is 3. The predicted octanol–water partition coefficient (Wildman–Crippen LogP) is -1.22. The van der Waals surface area contributed by atoms with Crippen molar-refractivity contribution < 1.29 is 71.4 Å². The van der Waals surface area contributed by atoms with Crippen LogP contribution in [0.3, 0.4) is 0 Å². The molecule has 6 heterocycles. The quantitative estimate of drug-likeness (QED) is 0.0349. The highest BCUT2D eigenvalue weighted by Crippen LogP contribution is 2.50. The summed E-state index contributed by atoms with van der Waals surface area (Å²) in [6.07, 6.45) is -8.64. The fraction of sp³-hybridized carbons (Fsp3) is 0.484. The van der Waals surface area contributed by atoms with Gasteiger partial charge in [0.15, 0.2) is 30.0 Å². The average Bonchev–Trinajstić information content (AvgIpc) is 3.99. The van der Waals surface area contributed by atoms with Crippen molar-refractivity contribution in [2.45, 2.75) is 74.4 Å². The van der Waals surface area contributed by atoms with E-state index in [1.807, 2.05) is 0 Å². The summed E-state index contributed by atoms with van der Waals surface area (Å²) in [5.74, 6) is -1.65. The molecule has 1 amide bonds. The number of anilines is 2. The lowest BCUT2D eigenvalue weighted by atomic mass is 10.1. The third-order valence-electron chi connectivity index (χ3n) is 9.30. The lowest BCUT2D eigenvalue weighted by molar-refractivity contribution is -0.165. The largest absolute Gasteiger partial charge is 0.472 e. The van der Waals surface area contributed by atoms with Crippen molar-refractivity contribution >= 4 is 61.7 Å². The first-order valence-electron chi connectivity index (χ1n) is 17.6. The molecule has 6 rings (SSSR count). The Morgan fingerprint density at radius 1 is 1.03 bits per heavy atom. The van der Waals surface area contributed by atoms with Gasteiger partial charge in [0.05, 0.1) is 30.7 Å². The van der Waals surface area contributed by atoms with Gasteiger partial charge in [-0.3, -0.25) is 27.5 Å². The van der Waals surface area contributed by atoms with Crippen LogP contribution in [0.2, 0.25) is 0 Å².